The summed E-state index contributed by atoms with van der Waals surface area (Å²) in [5, 5.41) is 3.35. The molecular formula is C15H15ClN2O. The Morgan fingerprint density at radius 2 is 1.95 bits per heavy atom. The molecular weight excluding hydrogens is 260 g/mol. The second kappa shape index (κ2) is 5.76. The molecule has 0 saturated carbocycles. The van der Waals surface area contributed by atoms with Gasteiger partial charge < -0.3 is 11.1 Å². The molecule has 0 fully saturated rings. The lowest BCUT2D eigenvalue weighted by atomic mass is 10.1. The van der Waals surface area contributed by atoms with Gasteiger partial charge in [-0.1, -0.05) is 35.9 Å². The molecule has 98 valence electrons. The van der Waals surface area contributed by atoms with E-state index in [1.54, 1.807) is 24.3 Å². The maximum absolute atomic E-state index is 12.1. The van der Waals surface area contributed by atoms with Gasteiger partial charge in [-0.25, -0.2) is 0 Å². The fourth-order valence-electron chi connectivity index (χ4n) is 1.83. The molecule has 1 atom stereocenters. The van der Waals surface area contributed by atoms with Gasteiger partial charge in [0.1, 0.15) is 0 Å². The van der Waals surface area contributed by atoms with E-state index in [2.05, 4.69) is 5.32 Å². The molecule has 0 aliphatic carbocycles. The van der Waals surface area contributed by atoms with Crippen LogP contribution in [0.15, 0.2) is 48.5 Å². The monoisotopic (exact) mass is 274 g/mol. The molecule has 0 aromatic heterocycles. The highest BCUT2D eigenvalue weighted by molar-refractivity contribution is 6.33. The number of nitrogen functional groups attached to an aromatic ring is 1. The first-order valence-corrected chi connectivity index (χ1v) is 6.36. The van der Waals surface area contributed by atoms with E-state index >= 15 is 0 Å². The number of halogens is 1. The van der Waals surface area contributed by atoms with Crippen LogP contribution in [0.5, 0.6) is 0 Å². The van der Waals surface area contributed by atoms with Crippen LogP contribution in [0.3, 0.4) is 0 Å². The van der Waals surface area contributed by atoms with E-state index in [0.29, 0.717) is 16.3 Å². The number of carbonyl (C=O) groups excluding carboxylic acids is 1. The minimum atomic E-state index is -0.194. The van der Waals surface area contributed by atoms with E-state index in [0.717, 1.165) is 5.56 Å². The van der Waals surface area contributed by atoms with Crippen molar-refractivity contribution in [1.82, 2.24) is 5.32 Å². The first kappa shape index (κ1) is 13.4. The Hall–Kier alpha value is -2.00. The van der Waals surface area contributed by atoms with Gasteiger partial charge >= 0.3 is 0 Å². The molecule has 19 heavy (non-hydrogen) atoms. The first-order chi connectivity index (χ1) is 9.08. The number of nitrogens with two attached hydrogens (primary N) is 1. The largest absolute Gasteiger partial charge is 0.399 e. The topological polar surface area (TPSA) is 55.1 Å². The minimum Gasteiger partial charge on any atom is -0.399 e. The molecule has 0 heterocycles. The standard InChI is InChI=1S/C15H15ClN2O/c1-10(11-5-4-6-12(17)9-11)18-15(19)13-7-2-3-8-14(13)16/h2-10H,17H2,1H3,(H,18,19). The van der Waals surface area contributed by atoms with Crippen molar-refractivity contribution in [3.8, 4) is 0 Å². The molecule has 0 aliphatic heterocycles. The molecule has 1 amide bonds. The summed E-state index contributed by atoms with van der Waals surface area (Å²) in [4.78, 5) is 12.1. The number of carbonyl (C=O) groups is 1. The molecule has 4 heteroatoms. The Morgan fingerprint density at radius 3 is 2.63 bits per heavy atom. The van der Waals surface area contributed by atoms with Crippen LogP contribution in [0.25, 0.3) is 0 Å². The van der Waals surface area contributed by atoms with Crippen LogP contribution in [0.1, 0.15) is 28.9 Å². The quantitative estimate of drug-likeness (QED) is 0.843. The maximum Gasteiger partial charge on any atom is 0.253 e. The Bertz CT molecular complexity index is 598. The smallest absolute Gasteiger partial charge is 0.253 e. The van der Waals surface area contributed by atoms with E-state index in [9.17, 15) is 4.79 Å². The third kappa shape index (κ3) is 3.26. The molecule has 3 nitrogen and oxygen atoms in total. The van der Waals surface area contributed by atoms with Gasteiger partial charge in [0.15, 0.2) is 0 Å². The van der Waals surface area contributed by atoms with Crippen molar-refractivity contribution in [2.75, 3.05) is 5.73 Å². The summed E-state index contributed by atoms with van der Waals surface area (Å²) in [5.74, 6) is -0.194. The molecule has 2 aromatic carbocycles. The van der Waals surface area contributed by atoms with Crippen LogP contribution in [0.2, 0.25) is 5.02 Å². The van der Waals surface area contributed by atoms with E-state index in [1.807, 2.05) is 31.2 Å². The number of hydrogen-bond acceptors (Lipinski definition) is 2. The van der Waals surface area contributed by atoms with Crippen LogP contribution < -0.4 is 11.1 Å². The molecule has 2 rings (SSSR count). The van der Waals surface area contributed by atoms with Crippen molar-refractivity contribution < 1.29 is 4.79 Å². The van der Waals surface area contributed by atoms with E-state index < -0.39 is 0 Å². The summed E-state index contributed by atoms with van der Waals surface area (Å²) in [6.07, 6.45) is 0. The number of nitrogens with one attached hydrogen (secondary N) is 1. The second-order valence-electron chi connectivity index (χ2n) is 4.35. The molecule has 2 aromatic rings. The Morgan fingerprint density at radius 1 is 1.21 bits per heavy atom. The van der Waals surface area contributed by atoms with Crippen LogP contribution in [-0.4, -0.2) is 5.91 Å². The number of hydrogen-bond donors (Lipinski definition) is 2. The third-order valence-corrected chi connectivity index (χ3v) is 3.21. The average molecular weight is 275 g/mol. The zero-order chi connectivity index (χ0) is 13.8. The van der Waals surface area contributed by atoms with Crippen molar-refractivity contribution in [2.45, 2.75) is 13.0 Å². The fraction of sp³-hybridized carbons (Fsp3) is 0.133. The fourth-order valence-corrected chi connectivity index (χ4v) is 2.05. The van der Waals surface area contributed by atoms with Gasteiger partial charge in [0, 0.05) is 5.69 Å². The van der Waals surface area contributed by atoms with E-state index in [1.165, 1.54) is 0 Å². The van der Waals surface area contributed by atoms with E-state index in [-0.39, 0.29) is 11.9 Å². The lowest BCUT2D eigenvalue weighted by Gasteiger charge is -2.15. The summed E-state index contributed by atoms with van der Waals surface area (Å²) in [7, 11) is 0. The maximum atomic E-state index is 12.1. The number of amides is 1. The second-order valence-corrected chi connectivity index (χ2v) is 4.75. The van der Waals surface area contributed by atoms with Gasteiger partial charge in [0.2, 0.25) is 0 Å². The van der Waals surface area contributed by atoms with Gasteiger partial charge in [-0.3, -0.25) is 4.79 Å². The SMILES string of the molecule is CC(NC(=O)c1ccccc1Cl)c1cccc(N)c1. The molecule has 0 spiro atoms. The van der Waals surface area contributed by atoms with Crippen LogP contribution >= 0.6 is 11.6 Å². The summed E-state index contributed by atoms with van der Waals surface area (Å²) in [6, 6.07) is 14.3. The van der Waals surface area contributed by atoms with Crippen molar-refractivity contribution >= 4 is 23.2 Å². The number of benzene rings is 2. The number of anilines is 1. The van der Waals surface area contributed by atoms with E-state index in [4.69, 9.17) is 17.3 Å². The van der Waals surface area contributed by atoms with Gasteiger partial charge in [0.25, 0.3) is 5.91 Å². The highest BCUT2D eigenvalue weighted by atomic mass is 35.5. The van der Waals surface area contributed by atoms with Crippen molar-refractivity contribution in [1.29, 1.82) is 0 Å². The van der Waals surface area contributed by atoms with Crippen LogP contribution in [0, 0.1) is 0 Å². The zero-order valence-electron chi connectivity index (χ0n) is 10.6. The highest BCUT2D eigenvalue weighted by Gasteiger charge is 2.13. The summed E-state index contributed by atoms with van der Waals surface area (Å²) < 4.78 is 0. The molecule has 0 radical (unpaired) electrons. The van der Waals surface area contributed by atoms with Crippen molar-refractivity contribution in [2.24, 2.45) is 0 Å². The molecule has 3 N–H and O–H groups in total. The molecule has 1 unspecified atom stereocenters. The molecule has 0 saturated heterocycles. The Labute approximate surface area is 117 Å². The normalized spacial score (nSPS) is 11.9. The van der Waals surface area contributed by atoms with Crippen molar-refractivity contribution in [3.05, 3.63) is 64.7 Å². The zero-order valence-corrected chi connectivity index (χ0v) is 11.3. The first-order valence-electron chi connectivity index (χ1n) is 5.99. The van der Waals surface area contributed by atoms with Crippen LogP contribution in [-0.2, 0) is 0 Å². The number of rotatable bonds is 3. The van der Waals surface area contributed by atoms with Gasteiger partial charge in [-0.05, 0) is 36.8 Å². The van der Waals surface area contributed by atoms with Crippen molar-refractivity contribution in [3.63, 3.8) is 0 Å². The van der Waals surface area contributed by atoms with Gasteiger partial charge in [0.05, 0.1) is 16.6 Å². The molecule has 0 bridgehead atoms. The third-order valence-electron chi connectivity index (χ3n) is 2.88. The average Bonchev–Trinajstić information content (AvgIpc) is 2.39. The Kier molecular flexibility index (Phi) is 4.07. The predicted octanol–water partition coefficient (Wildman–Crippen LogP) is 3.41. The Balaban J connectivity index is 2.13. The molecule has 0 aliphatic rings. The lowest BCUT2D eigenvalue weighted by molar-refractivity contribution is 0.0940. The minimum absolute atomic E-state index is 0.132. The highest BCUT2D eigenvalue weighted by Crippen LogP contribution is 2.18. The lowest BCUT2D eigenvalue weighted by Crippen LogP contribution is -2.26. The van der Waals surface area contributed by atoms with Gasteiger partial charge in [-0.2, -0.15) is 0 Å². The predicted molar refractivity (Wildman–Crippen MR) is 78.2 cm³/mol. The van der Waals surface area contributed by atoms with Gasteiger partial charge in [-0.15, -0.1) is 0 Å². The summed E-state index contributed by atoms with van der Waals surface area (Å²) >= 11 is 5.99. The van der Waals surface area contributed by atoms with Crippen LogP contribution in [0.4, 0.5) is 5.69 Å². The summed E-state index contributed by atoms with van der Waals surface area (Å²) in [5.41, 5.74) is 7.84. The summed E-state index contributed by atoms with van der Waals surface area (Å²) in [6.45, 7) is 1.91.